The summed E-state index contributed by atoms with van der Waals surface area (Å²) in [5.74, 6) is -1.22. The summed E-state index contributed by atoms with van der Waals surface area (Å²) in [7, 11) is 0. The maximum atomic E-state index is 12.6. The van der Waals surface area contributed by atoms with Crippen molar-refractivity contribution in [3.05, 3.63) is 33.7 Å². The number of aliphatic hydroxyl groups is 1. The molecule has 3 rings (SSSR count). The van der Waals surface area contributed by atoms with Gasteiger partial charge in [0.25, 0.3) is 5.56 Å². The van der Waals surface area contributed by atoms with E-state index in [2.05, 4.69) is 0 Å². The topological polar surface area (TPSA) is 109 Å². The number of amides is 1. The Morgan fingerprint density at radius 2 is 1.86 bits per heavy atom. The van der Waals surface area contributed by atoms with Crippen LogP contribution >= 0.6 is 0 Å². The molecule has 8 nitrogen and oxygen atoms in total. The second-order valence-electron chi connectivity index (χ2n) is 8.95. The fourth-order valence-corrected chi connectivity index (χ4v) is 4.26. The van der Waals surface area contributed by atoms with Crippen molar-refractivity contribution < 1.29 is 24.5 Å². The molecule has 2 aliphatic rings. The van der Waals surface area contributed by atoms with E-state index >= 15 is 0 Å². The van der Waals surface area contributed by atoms with Crippen molar-refractivity contribution in [2.75, 3.05) is 13.1 Å². The van der Waals surface area contributed by atoms with Gasteiger partial charge in [-0.25, -0.2) is 9.59 Å². The summed E-state index contributed by atoms with van der Waals surface area (Å²) in [5, 5.41) is 18.6. The third-order valence-corrected chi connectivity index (χ3v) is 5.72. The summed E-state index contributed by atoms with van der Waals surface area (Å²) < 4.78 is 6.96. The minimum Gasteiger partial charge on any atom is -0.478 e. The van der Waals surface area contributed by atoms with Crippen LogP contribution in [0, 0.1) is 5.41 Å². The Kier molecular flexibility index (Phi) is 5.27. The van der Waals surface area contributed by atoms with Crippen molar-refractivity contribution in [1.82, 2.24) is 9.47 Å². The number of likely N-dealkylation sites (tertiary alicyclic amines) is 1. The Labute approximate surface area is 163 Å². The van der Waals surface area contributed by atoms with Gasteiger partial charge in [0, 0.05) is 30.7 Å². The highest BCUT2D eigenvalue weighted by molar-refractivity contribution is 5.89. The zero-order chi connectivity index (χ0) is 20.7. The van der Waals surface area contributed by atoms with Crippen LogP contribution in [-0.4, -0.2) is 50.4 Å². The first kappa shape index (κ1) is 20.4. The molecule has 0 aromatic carbocycles. The van der Waals surface area contributed by atoms with Crippen LogP contribution in [0.25, 0.3) is 0 Å². The Balaban J connectivity index is 1.64. The fraction of sp³-hybridized carbons (Fsp3) is 0.650. The number of nitrogens with zero attached hydrogens (tertiary/aromatic N) is 2. The third-order valence-electron chi connectivity index (χ3n) is 5.72. The Morgan fingerprint density at radius 3 is 2.36 bits per heavy atom. The van der Waals surface area contributed by atoms with E-state index < -0.39 is 23.7 Å². The molecule has 0 unspecified atom stereocenters. The molecule has 0 atom stereocenters. The van der Waals surface area contributed by atoms with E-state index in [-0.39, 0.29) is 28.7 Å². The molecule has 2 heterocycles. The zero-order valence-corrected chi connectivity index (χ0v) is 16.6. The van der Waals surface area contributed by atoms with E-state index in [1.165, 1.54) is 12.3 Å². The molecule has 8 heteroatoms. The van der Waals surface area contributed by atoms with Crippen molar-refractivity contribution in [3.63, 3.8) is 0 Å². The molecule has 2 fully saturated rings. The summed E-state index contributed by atoms with van der Waals surface area (Å²) in [4.78, 5) is 37.7. The quantitative estimate of drug-likeness (QED) is 0.817. The van der Waals surface area contributed by atoms with Crippen LogP contribution in [-0.2, 0) is 11.3 Å². The minimum atomic E-state index is -1.22. The lowest BCUT2D eigenvalue weighted by molar-refractivity contribution is -0.0535. The third kappa shape index (κ3) is 3.92. The highest BCUT2D eigenvalue weighted by Crippen LogP contribution is 2.47. The van der Waals surface area contributed by atoms with E-state index in [1.807, 2.05) is 20.8 Å². The van der Waals surface area contributed by atoms with Crippen LogP contribution in [0.5, 0.6) is 0 Å². The molecule has 2 N–H and O–H groups in total. The maximum absolute atomic E-state index is 12.6. The van der Waals surface area contributed by atoms with Crippen LogP contribution in [0.4, 0.5) is 4.79 Å². The lowest BCUT2D eigenvalue weighted by Crippen LogP contribution is -2.60. The summed E-state index contributed by atoms with van der Waals surface area (Å²) in [6.07, 6.45) is 4.56. The number of aromatic carboxylic acids is 1. The van der Waals surface area contributed by atoms with Crippen LogP contribution in [0.15, 0.2) is 17.1 Å². The molecule has 28 heavy (non-hydrogen) atoms. The predicted molar refractivity (Wildman–Crippen MR) is 101 cm³/mol. The van der Waals surface area contributed by atoms with Gasteiger partial charge in [0.05, 0.1) is 17.7 Å². The lowest BCUT2D eigenvalue weighted by atomic mass is 9.67. The second-order valence-corrected chi connectivity index (χ2v) is 8.95. The molecule has 154 valence electrons. The van der Waals surface area contributed by atoms with Crippen LogP contribution in [0.3, 0.4) is 0 Å². The molecule has 1 spiro atoms. The van der Waals surface area contributed by atoms with Gasteiger partial charge < -0.3 is 24.4 Å². The number of hydrogen-bond acceptors (Lipinski definition) is 5. The number of aromatic nitrogens is 1. The number of carbonyl (C=O) groups excluding carboxylic acids is 1. The van der Waals surface area contributed by atoms with E-state index in [1.54, 1.807) is 9.47 Å². The molecular formula is C20H28N2O6. The van der Waals surface area contributed by atoms with Gasteiger partial charge in [0.15, 0.2) is 0 Å². The largest absolute Gasteiger partial charge is 0.478 e. The normalized spacial score (nSPS) is 19.4. The van der Waals surface area contributed by atoms with Crippen molar-refractivity contribution in [2.45, 2.75) is 64.7 Å². The van der Waals surface area contributed by atoms with Gasteiger partial charge in [-0.15, -0.1) is 0 Å². The molecule has 1 aliphatic heterocycles. The monoisotopic (exact) mass is 392 g/mol. The summed E-state index contributed by atoms with van der Waals surface area (Å²) >= 11 is 0. The van der Waals surface area contributed by atoms with Gasteiger partial charge in [-0.2, -0.15) is 0 Å². The lowest BCUT2D eigenvalue weighted by Gasteiger charge is -2.53. The smallest absolute Gasteiger partial charge is 0.410 e. The van der Waals surface area contributed by atoms with Gasteiger partial charge in [0.2, 0.25) is 0 Å². The zero-order valence-electron chi connectivity index (χ0n) is 16.6. The van der Waals surface area contributed by atoms with Gasteiger partial charge in [-0.3, -0.25) is 4.79 Å². The molecule has 1 aromatic rings. The highest BCUT2D eigenvalue weighted by atomic mass is 16.6. The molecule has 1 amide bonds. The number of aliphatic hydroxyl groups excluding tert-OH is 1. The van der Waals surface area contributed by atoms with Gasteiger partial charge in [0.1, 0.15) is 5.60 Å². The number of carbonyl (C=O) groups is 2. The van der Waals surface area contributed by atoms with Crippen LogP contribution in [0.1, 0.15) is 68.4 Å². The maximum Gasteiger partial charge on any atom is 0.410 e. The Morgan fingerprint density at radius 1 is 1.25 bits per heavy atom. The van der Waals surface area contributed by atoms with Crippen molar-refractivity contribution in [2.24, 2.45) is 5.41 Å². The number of hydrogen-bond donors (Lipinski definition) is 2. The molecular weight excluding hydrogens is 364 g/mol. The van der Waals surface area contributed by atoms with E-state index in [9.17, 15) is 19.5 Å². The minimum absolute atomic E-state index is 0.0261. The molecule has 0 radical (unpaired) electrons. The molecule has 1 saturated heterocycles. The Bertz CT molecular complexity index is 822. The summed E-state index contributed by atoms with van der Waals surface area (Å²) in [5.41, 5.74) is -1.09. The number of rotatable bonds is 3. The number of pyridine rings is 1. The van der Waals surface area contributed by atoms with Crippen LogP contribution < -0.4 is 5.56 Å². The standard InChI is InChI=1S/C20H28N2O6/c1-19(2,3)28-18(27)21-11-20(12-21)7-4-13(5-8-20)22-9-6-14(17(25)26)15(10-23)16(22)24/h6,9,13,23H,4-5,7-8,10-12H2,1-3H3,(H,25,26). The van der Waals surface area contributed by atoms with Gasteiger partial charge in [-0.05, 0) is 52.5 Å². The van der Waals surface area contributed by atoms with Crippen LogP contribution in [0.2, 0.25) is 0 Å². The highest BCUT2D eigenvalue weighted by Gasteiger charge is 2.48. The summed E-state index contributed by atoms with van der Waals surface area (Å²) in [6.45, 7) is 6.29. The van der Waals surface area contributed by atoms with Crippen molar-refractivity contribution >= 4 is 12.1 Å². The number of ether oxygens (including phenoxy) is 1. The first-order valence-electron chi connectivity index (χ1n) is 9.61. The molecule has 1 saturated carbocycles. The van der Waals surface area contributed by atoms with Crippen molar-refractivity contribution in [3.8, 4) is 0 Å². The second kappa shape index (κ2) is 7.24. The number of carboxylic acid groups (broad SMARTS) is 1. The predicted octanol–water partition coefficient (Wildman–Crippen LogP) is 2.39. The average Bonchev–Trinajstić information content (AvgIpc) is 2.58. The molecule has 1 aliphatic carbocycles. The SMILES string of the molecule is CC(C)(C)OC(=O)N1CC2(CCC(n3ccc(C(=O)O)c(CO)c3=O)CC2)C1. The van der Waals surface area contributed by atoms with Gasteiger partial charge >= 0.3 is 12.1 Å². The van der Waals surface area contributed by atoms with Crippen molar-refractivity contribution in [1.29, 1.82) is 0 Å². The molecule has 0 bridgehead atoms. The van der Waals surface area contributed by atoms with E-state index in [0.717, 1.165) is 25.7 Å². The Hall–Kier alpha value is -2.35. The summed E-state index contributed by atoms with van der Waals surface area (Å²) in [6, 6.07) is 1.36. The fourth-order valence-electron chi connectivity index (χ4n) is 4.26. The molecule has 1 aromatic heterocycles. The van der Waals surface area contributed by atoms with E-state index in [4.69, 9.17) is 9.84 Å². The first-order valence-corrected chi connectivity index (χ1v) is 9.61. The van der Waals surface area contributed by atoms with E-state index in [0.29, 0.717) is 13.1 Å². The van der Waals surface area contributed by atoms with Gasteiger partial charge in [-0.1, -0.05) is 0 Å². The first-order chi connectivity index (χ1) is 13.1. The number of carboxylic acids is 1. The average molecular weight is 392 g/mol.